The van der Waals surface area contributed by atoms with Gasteiger partial charge < -0.3 is 4.90 Å². The Morgan fingerprint density at radius 2 is 1.90 bits per heavy atom. The summed E-state index contributed by atoms with van der Waals surface area (Å²) in [6.45, 7) is 0.949. The van der Waals surface area contributed by atoms with E-state index in [1.165, 1.54) is 37.7 Å². The highest BCUT2D eigenvalue weighted by atomic mass is 32.2. The lowest BCUT2D eigenvalue weighted by molar-refractivity contribution is -0.127. The highest BCUT2D eigenvalue weighted by Crippen LogP contribution is 2.24. The third kappa shape index (κ3) is 5.20. The van der Waals surface area contributed by atoms with E-state index in [1.807, 2.05) is 30.1 Å². The van der Waals surface area contributed by atoms with Crippen molar-refractivity contribution in [2.75, 3.05) is 19.3 Å². The van der Waals surface area contributed by atoms with Crippen molar-refractivity contribution in [2.45, 2.75) is 37.9 Å². The third-order valence-corrected chi connectivity index (χ3v) is 5.01. The van der Waals surface area contributed by atoms with Gasteiger partial charge in [-0.2, -0.15) is 0 Å². The molecule has 0 saturated heterocycles. The van der Waals surface area contributed by atoms with Crippen LogP contribution >= 0.6 is 11.8 Å². The molecule has 3 heteroatoms. The fourth-order valence-electron chi connectivity index (χ4n) is 2.80. The number of hydrogen-bond acceptors (Lipinski definition) is 2. The lowest BCUT2D eigenvalue weighted by atomic mass is 9.89. The quantitative estimate of drug-likeness (QED) is 0.790. The molecule has 1 saturated carbocycles. The lowest BCUT2D eigenvalue weighted by Crippen LogP contribution is -2.33. The number of thioether (sulfide) groups is 1. The zero-order valence-electron chi connectivity index (χ0n) is 12.4. The molecule has 1 aliphatic carbocycles. The summed E-state index contributed by atoms with van der Waals surface area (Å²) in [5.74, 6) is 2.52. The van der Waals surface area contributed by atoms with Gasteiger partial charge in [-0.1, -0.05) is 49.6 Å². The molecule has 0 spiro atoms. The molecule has 0 unspecified atom stereocenters. The SMILES string of the molecule is CN(CC1CCCCC1)C(=O)CSCc1ccccc1. The fraction of sp³-hybridized carbons (Fsp3) is 0.588. The Morgan fingerprint density at radius 1 is 1.20 bits per heavy atom. The molecule has 0 atom stereocenters. The van der Waals surface area contributed by atoms with Crippen LogP contribution in [0.2, 0.25) is 0 Å². The smallest absolute Gasteiger partial charge is 0.232 e. The molecule has 110 valence electrons. The fourth-order valence-corrected chi connectivity index (χ4v) is 3.72. The number of carbonyl (C=O) groups excluding carboxylic acids is 1. The highest BCUT2D eigenvalue weighted by molar-refractivity contribution is 7.99. The van der Waals surface area contributed by atoms with Gasteiger partial charge in [0.25, 0.3) is 0 Å². The number of benzene rings is 1. The summed E-state index contributed by atoms with van der Waals surface area (Å²) in [7, 11) is 1.96. The predicted octanol–water partition coefficient (Wildman–Crippen LogP) is 3.96. The van der Waals surface area contributed by atoms with Gasteiger partial charge in [0.05, 0.1) is 5.75 Å². The maximum Gasteiger partial charge on any atom is 0.232 e. The van der Waals surface area contributed by atoms with Crippen LogP contribution in [0, 0.1) is 5.92 Å². The summed E-state index contributed by atoms with van der Waals surface area (Å²) < 4.78 is 0. The Labute approximate surface area is 126 Å². The van der Waals surface area contributed by atoms with E-state index in [1.54, 1.807) is 11.8 Å². The van der Waals surface area contributed by atoms with Crippen LogP contribution in [0.15, 0.2) is 30.3 Å². The molecule has 1 aromatic rings. The minimum atomic E-state index is 0.275. The van der Waals surface area contributed by atoms with Gasteiger partial charge in [-0.3, -0.25) is 4.79 Å². The van der Waals surface area contributed by atoms with E-state index >= 15 is 0 Å². The van der Waals surface area contributed by atoms with E-state index < -0.39 is 0 Å². The van der Waals surface area contributed by atoms with Crippen LogP contribution in [0.25, 0.3) is 0 Å². The monoisotopic (exact) mass is 291 g/mol. The van der Waals surface area contributed by atoms with Gasteiger partial charge in [-0.15, -0.1) is 11.8 Å². The molecule has 1 aromatic carbocycles. The van der Waals surface area contributed by atoms with Gasteiger partial charge in [0.15, 0.2) is 0 Å². The van der Waals surface area contributed by atoms with Gasteiger partial charge in [-0.25, -0.2) is 0 Å². The summed E-state index contributed by atoms with van der Waals surface area (Å²) in [6, 6.07) is 10.4. The average Bonchev–Trinajstić information content (AvgIpc) is 2.49. The summed E-state index contributed by atoms with van der Waals surface area (Å²) in [5, 5.41) is 0. The number of amides is 1. The summed E-state index contributed by atoms with van der Waals surface area (Å²) >= 11 is 1.71. The molecule has 20 heavy (non-hydrogen) atoms. The van der Waals surface area contributed by atoms with Gasteiger partial charge in [0.2, 0.25) is 5.91 Å². The average molecular weight is 291 g/mol. The second kappa shape index (κ2) is 8.35. The first-order chi connectivity index (χ1) is 9.75. The standard InChI is InChI=1S/C17H25NOS/c1-18(12-15-8-4-2-5-9-15)17(19)14-20-13-16-10-6-3-7-11-16/h3,6-7,10-11,15H,2,4-5,8-9,12-14H2,1H3. The Kier molecular flexibility index (Phi) is 6.44. The zero-order valence-corrected chi connectivity index (χ0v) is 13.2. The molecule has 1 aliphatic rings. The lowest BCUT2D eigenvalue weighted by Gasteiger charge is -2.27. The van der Waals surface area contributed by atoms with Crippen LogP contribution in [-0.4, -0.2) is 30.2 Å². The largest absolute Gasteiger partial charge is 0.345 e. The first-order valence-corrected chi connectivity index (χ1v) is 8.77. The minimum Gasteiger partial charge on any atom is -0.345 e. The van der Waals surface area contributed by atoms with Crippen molar-refractivity contribution in [3.05, 3.63) is 35.9 Å². The summed E-state index contributed by atoms with van der Waals surface area (Å²) in [5.41, 5.74) is 1.29. The Hall–Kier alpha value is -0.960. The highest BCUT2D eigenvalue weighted by Gasteiger charge is 2.18. The molecule has 2 rings (SSSR count). The molecule has 1 amide bonds. The molecular formula is C17H25NOS. The summed E-state index contributed by atoms with van der Waals surface area (Å²) in [6.07, 6.45) is 6.66. The first kappa shape index (κ1) is 15.4. The van der Waals surface area contributed by atoms with E-state index in [0.29, 0.717) is 5.75 Å². The topological polar surface area (TPSA) is 20.3 Å². The van der Waals surface area contributed by atoms with Crippen molar-refractivity contribution in [1.29, 1.82) is 0 Å². The van der Waals surface area contributed by atoms with Crippen molar-refractivity contribution >= 4 is 17.7 Å². The van der Waals surface area contributed by atoms with Gasteiger partial charge in [0.1, 0.15) is 0 Å². The van der Waals surface area contributed by atoms with Gasteiger partial charge in [-0.05, 0) is 24.3 Å². The van der Waals surface area contributed by atoms with E-state index in [-0.39, 0.29) is 5.91 Å². The molecule has 0 N–H and O–H groups in total. The van der Waals surface area contributed by atoms with Crippen LogP contribution in [-0.2, 0) is 10.5 Å². The molecular weight excluding hydrogens is 266 g/mol. The summed E-state index contributed by atoms with van der Waals surface area (Å²) in [4.78, 5) is 14.1. The maximum atomic E-state index is 12.1. The Morgan fingerprint density at radius 3 is 2.60 bits per heavy atom. The van der Waals surface area contributed by atoms with Crippen LogP contribution in [0.3, 0.4) is 0 Å². The van der Waals surface area contributed by atoms with Crippen LogP contribution in [0.1, 0.15) is 37.7 Å². The van der Waals surface area contributed by atoms with Crippen LogP contribution in [0.4, 0.5) is 0 Å². The predicted molar refractivity (Wildman–Crippen MR) is 86.8 cm³/mol. The van der Waals surface area contributed by atoms with Crippen molar-refractivity contribution in [3.63, 3.8) is 0 Å². The van der Waals surface area contributed by atoms with E-state index in [0.717, 1.165) is 18.2 Å². The first-order valence-electron chi connectivity index (χ1n) is 7.61. The van der Waals surface area contributed by atoms with Crippen molar-refractivity contribution < 1.29 is 4.79 Å². The molecule has 0 aliphatic heterocycles. The Bertz CT molecular complexity index is 401. The number of hydrogen-bond donors (Lipinski definition) is 0. The van der Waals surface area contributed by atoms with Gasteiger partial charge >= 0.3 is 0 Å². The second-order valence-corrected chi connectivity index (χ2v) is 6.74. The number of carbonyl (C=O) groups is 1. The van der Waals surface area contributed by atoms with Gasteiger partial charge in [0, 0.05) is 19.3 Å². The molecule has 2 nitrogen and oxygen atoms in total. The normalized spacial score (nSPS) is 16.1. The number of nitrogens with zero attached hydrogens (tertiary/aromatic N) is 1. The van der Waals surface area contributed by atoms with Crippen LogP contribution < -0.4 is 0 Å². The molecule has 0 heterocycles. The van der Waals surface area contributed by atoms with E-state index in [9.17, 15) is 4.79 Å². The van der Waals surface area contributed by atoms with Crippen molar-refractivity contribution in [1.82, 2.24) is 4.90 Å². The number of rotatable bonds is 6. The van der Waals surface area contributed by atoms with Crippen LogP contribution in [0.5, 0.6) is 0 Å². The third-order valence-electron chi connectivity index (χ3n) is 4.02. The molecule has 0 radical (unpaired) electrons. The molecule has 1 fully saturated rings. The van der Waals surface area contributed by atoms with Crippen molar-refractivity contribution in [2.24, 2.45) is 5.92 Å². The van der Waals surface area contributed by atoms with E-state index in [4.69, 9.17) is 0 Å². The maximum absolute atomic E-state index is 12.1. The van der Waals surface area contributed by atoms with Crippen molar-refractivity contribution in [3.8, 4) is 0 Å². The minimum absolute atomic E-state index is 0.275. The Balaban J connectivity index is 1.65. The second-order valence-electron chi connectivity index (χ2n) is 5.76. The molecule has 0 aromatic heterocycles. The van der Waals surface area contributed by atoms with E-state index in [2.05, 4.69) is 12.1 Å². The molecule has 0 bridgehead atoms. The zero-order chi connectivity index (χ0) is 14.2.